The lowest BCUT2D eigenvalue weighted by molar-refractivity contribution is -0.125. The molecule has 0 aromatic carbocycles. The van der Waals surface area contributed by atoms with E-state index in [1.807, 2.05) is 23.6 Å². The zero-order valence-electron chi connectivity index (χ0n) is 12.4. The molecule has 6 heteroatoms. The van der Waals surface area contributed by atoms with E-state index in [1.165, 1.54) is 0 Å². The monoisotopic (exact) mass is 325 g/mol. The minimum Gasteiger partial charge on any atom is -0.472 e. The molecule has 0 spiro atoms. The van der Waals surface area contributed by atoms with Gasteiger partial charge in [0.25, 0.3) is 0 Å². The van der Waals surface area contributed by atoms with Gasteiger partial charge in [-0.05, 0) is 23.6 Å². The average molecular weight is 325 g/mol. The van der Waals surface area contributed by atoms with Crippen LogP contribution in [0.25, 0.3) is 6.08 Å². The highest BCUT2D eigenvalue weighted by Gasteiger charge is 2.26. The van der Waals surface area contributed by atoms with E-state index in [1.54, 1.807) is 40.6 Å². The van der Waals surface area contributed by atoms with Crippen LogP contribution in [0, 0.1) is 11.3 Å². The lowest BCUT2D eigenvalue weighted by atomic mass is 10.3. The van der Waals surface area contributed by atoms with Gasteiger partial charge in [-0.25, -0.2) is 4.98 Å². The Bertz CT molecular complexity index is 749. The number of ether oxygens (including phenoxy) is 1. The molecule has 0 radical (unpaired) electrons. The van der Waals surface area contributed by atoms with Crippen molar-refractivity contribution in [1.29, 1.82) is 5.26 Å². The number of thiophene rings is 1. The smallest absolute Gasteiger partial charge is 0.246 e. The van der Waals surface area contributed by atoms with E-state index >= 15 is 0 Å². The Hall–Kier alpha value is -2.65. The second kappa shape index (κ2) is 7.07. The molecule has 2 aromatic rings. The topological polar surface area (TPSA) is 66.2 Å². The van der Waals surface area contributed by atoms with Crippen molar-refractivity contribution in [2.24, 2.45) is 0 Å². The van der Waals surface area contributed by atoms with Gasteiger partial charge < -0.3 is 9.64 Å². The van der Waals surface area contributed by atoms with Gasteiger partial charge in [0.2, 0.25) is 11.8 Å². The average Bonchev–Trinajstić information content (AvgIpc) is 3.24. The van der Waals surface area contributed by atoms with Crippen LogP contribution in [0.3, 0.4) is 0 Å². The summed E-state index contributed by atoms with van der Waals surface area (Å²) in [5, 5.41) is 10.9. The summed E-state index contributed by atoms with van der Waals surface area (Å²) in [5.41, 5.74) is 0.514. The predicted molar refractivity (Wildman–Crippen MR) is 87.9 cm³/mol. The molecule has 0 N–H and O–H groups in total. The van der Waals surface area contributed by atoms with Crippen LogP contribution >= 0.6 is 11.3 Å². The van der Waals surface area contributed by atoms with Crippen LogP contribution in [0.4, 0.5) is 0 Å². The molecule has 1 aliphatic rings. The molecule has 3 heterocycles. The van der Waals surface area contributed by atoms with E-state index in [-0.39, 0.29) is 12.0 Å². The third-order valence-electron chi connectivity index (χ3n) is 3.54. The van der Waals surface area contributed by atoms with Crippen molar-refractivity contribution < 1.29 is 9.53 Å². The fraction of sp³-hybridized carbons (Fsp3) is 0.235. The molecule has 3 rings (SSSR count). The first-order chi connectivity index (χ1) is 11.2. The van der Waals surface area contributed by atoms with Gasteiger partial charge in [0.1, 0.15) is 6.10 Å². The second-order valence-corrected chi connectivity index (χ2v) is 6.14. The summed E-state index contributed by atoms with van der Waals surface area (Å²) in [6, 6.07) is 9.23. The maximum absolute atomic E-state index is 12.2. The number of pyridine rings is 1. The van der Waals surface area contributed by atoms with Crippen molar-refractivity contribution in [3.63, 3.8) is 0 Å². The fourth-order valence-electron chi connectivity index (χ4n) is 2.38. The second-order valence-electron chi connectivity index (χ2n) is 5.16. The first-order valence-electron chi connectivity index (χ1n) is 7.28. The normalized spacial score (nSPS) is 17.3. The highest BCUT2D eigenvalue weighted by atomic mass is 32.1. The summed E-state index contributed by atoms with van der Waals surface area (Å²) in [7, 11) is 0. The van der Waals surface area contributed by atoms with Crippen LogP contribution in [0.15, 0.2) is 41.9 Å². The standard InChI is InChI=1S/C17H15N3O2S/c18-11-13-5-7-19-16(10-13)22-14-6-8-20(12-14)17(21)4-3-15-2-1-9-23-15/h1-5,7,9-10,14H,6,8,12H2. The Morgan fingerprint density at radius 2 is 2.43 bits per heavy atom. The molecule has 1 aliphatic heterocycles. The SMILES string of the molecule is N#Cc1ccnc(OC2CCN(C(=O)C=Cc3cccs3)C2)c1. The molecular formula is C17H15N3O2S. The van der Waals surface area contributed by atoms with Gasteiger partial charge in [-0.3, -0.25) is 4.79 Å². The summed E-state index contributed by atoms with van der Waals surface area (Å²) >= 11 is 1.60. The molecule has 116 valence electrons. The molecule has 2 aromatic heterocycles. The van der Waals surface area contributed by atoms with E-state index in [0.717, 1.165) is 11.3 Å². The molecule has 1 atom stereocenters. The summed E-state index contributed by atoms with van der Waals surface area (Å²) in [5.74, 6) is 0.417. The van der Waals surface area contributed by atoms with Crippen molar-refractivity contribution in [3.8, 4) is 11.9 Å². The third kappa shape index (κ3) is 3.96. The molecular weight excluding hydrogens is 310 g/mol. The number of aromatic nitrogens is 1. The third-order valence-corrected chi connectivity index (χ3v) is 4.38. The van der Waals surface area contributed by atoms with E-state index in [2.05, 4.69) is 11.1 Å². The van der Waals surface area contributed by atoms with Crippen LogP contribution < -0.4 is 4.74 Å². The fourth-order valence-corrected chi connectivity index (χ4v) is 3.00. The predicted octanol–water partition coefficient (Wildman–Crippen LogP) is 2.71. The zero-order chi connectivity index (χ0) is 16.1. The van der Waals surface area contributed by atoms with Crippen LogP contribution in [0.2, 0.25) is 0 Å². The lowest BCUT2D eigenvalue weighted by Crippen LogP contribution is -2.29. The highest BCUT2D eigenvalue weighted by molar-refractivity contribution is 7.10. The molecule has 1 fully saturated rings. The minimum atomic E-state index is -0.0875. The van der Waals surface area contributed by atoms with Crippen molar-refractivity contribution in [3.05, 3.63) is 52.4 Å². The molecule has 1 saturated heterocycles. The summed E-state index contributed by atoms with van der Waals surface area (Å²) in [6.45, 7) is 1.20. The van der Waals surface area contributed by atoms with Crippen molar-refractivity contribution >= 4 is 23.3 Å². The van der Waals surface area contributed by atoms with Crippen molar-refractivity contribution in [2.75, 3.05) is 13.1 Å². The molecule has 5 nitrogen and oxygen atoms in total. The van der Waals surface area contributed by atoms with Crippen LogP contribution in [0.1, 0.15) is 16.9 Å². The minimum absolute atomic E-state index is 0.0109. The van der Waals surface area contributed by atoms with E-state index in [0.29, 0.717) is 24.5 Å². The molecule has 0 aliphatic carbocycles. The summed E-state index contributed by atoms with van der Waals surface area (Å²) in [4.78, 5) is 19.1. The number of likely N-dealkylation sites (tertiary alicyclic amines) is 1. The Morgan fingerprint density at radius 3 is 3.22 bits per heavy atom. The van der Waals surface area contributed by atoms with Crippen molar-refractivity contribution in [1.82, 2.24) is 9.88 Å². The number of hydrogen-bond donors (Lipinski definition) is 0. The quantitative estimate of drug-likeness (QED) is 0.811. The largest absolute Gasteiger partial charge is 0.472 e. The molecule has 1 amide bonds. The van der Waals surface area contributed by atoms with Gasteiger partial charge in [-0.15, -0.1) is 11.3 Å². The number of amides is 1. The van der Waals surface area contributed by atoms with Crippen molar-refractivity contribution in [2.45, 2.75) is 12.5 Å². The number of carbonyl (C=O) groups excluding carboxylic acids is 1. The molecule has 23 heavy (non-hydrogen) atoms. The van der Waals surface area contributed by atoms with Gasteiger partial charge >= 0.3 is 0 Å². The molecule has 1 unspecified atom stereocenters. The number of rotatable bonds is 4. The maximum atomic E-state index is 12.2. The highest BCUT2D eigenvalue weighted by Crippen LogP contribution is 2.18. The van der Waals surface area contributed by atoms with E-state index < -0.39 is 0 Å². The Balaban J connectivity index is 1.55. The maximum Gasteiger partial charge on any atom is 0.246 e. The Labute approximate surface area is 138 Å². The molecule has 0 saturated carbocycles. The van der Waals surface area contributed by atoms with E-state index in [9.17, 15) is 4.79 Å². The van der Waals surface area contributed by atoms with Gasteiger partial charge in [-0.2, -0.15) is 5.26 Å². The number of carbonyl (C=O) groups is 1. The van der Waals surface area contributed by atoms with Gasteiger partial charge in [0.05, 0.1) is 18.2 Å². The van der Waals surface area contributed by atoms with Gasteiger partial charge in [0.15, 0.2) is 0 Å². The van der Waals surface area contributed by atoms with Gasteiger partial charge in [0, 0.05) is 36.2 Å². The lowest BCUT2D eigenvalue weighted by Gasteiger charge is -2.15. The Kier molecular flexibility index (Phi) is 4.69. The van der Waals surface area contributed by atoms with Crippen LogP contribution in [-0.2, 0) is 4.79 Å². The van der Waals surface area contributed by atoms with Gasteiger partial charge in [-0.1, -0.05) is 6.07 Å². The van der Waals surface area contributed by atoms with Crippen LogP contribution in [0.5, 0.6) is 5.88 Å². The number of nitriles is 1. The number of nitrogens with zero attached hydrogens (tertiary/aromatic N) is 3. The van der Waals surface area contributed by atoms with E-state index in [4.69, 9.17) is 10.00 Å². The summed E-state index contributed by atoms with van der Waals surface area (Å²) < 4.78 is 5.77. The first-order valence-corrected chi connectivity index (χ1v) is 8.16. The van der Waals surface area contributed by atoms with Crippen LogP contribution in [-0.4, -0.2) is 35.0 Å². The first kappa shape index (κ1) is 15.3. The number of hydrogen-bond acceptors (Lipinski definition) is 5. The zero-order valence-corrected chi connectivity index (χ0v) is 13.2. The molecule has 0 bridgehead atoms. The summed E-state index contributed by atoms with van der Waals surface area (Å²) in [6.07, 6.45) is 5.66. The Morgan fingerprint density at radius 1 is 1.52 bits per heavy atom.